The minimum atomic E-state index is 0.0588. The number of hydrogen-bond donors (Lipinski definition) is 2. The molecule has 4 heteroatoms. The highest BCUT2D eigenvalue weighted by Crippen LogP contribution is 2.29. The van der Waals surface area contributed by atoms with E-state index in [0.717, 1.165) is 31.4 Å². The minimum Gasteiger partial charge on any atom is -0.508 e. The molecule has 1 fully saturated rings. The zero-order valence-electron chi connectivity index (χ0n) is 10.7. The van der Waals surface area contributed by atoms with Crippen molar-refractivity contribution in [3.05, 3.63) is 29.3 Å². The Morgan fingerprint density at radius 1 is 1.50 bits per heavy atom. The number of carbonyl (C=O) groups excluding carboxylic acids is 1. The molecule has 1 amide bonds. The molecule has 4 nitrogen and oxygen atoms in total. The molecule has 1 aliphatic carbocycles. The van der Waals surface area contributed by atoms with Crippen molar-refractivity contribution >= 4 is 5.91 Å². The van der Waals surface area contributed by atoms with Gasteiger partial charge in [0.05, 0.1) is 0 Å². The molecule has 0 atom stereocenters. The number of hydrogen-bond acceptors (Lipinski definition) is 3. The van der Waals surface area contributed by atoms with E-state index in [0.29, 0.717) is 18.2 Å². The largest absolute Gasteiger partial charge is 0.508 e. The van der Waals surface area contributed by atoms with Crippen molar-refractivity contribution in [1.29, 1.82) is 0 Å². The normalized spacial score (nSPS) is 14.6. The first-order valence-corrected chi connectivity index (χ1v) is 6.44. The molecular weight excluding hydrogens is 228 g/mol. The molecule has 2 rings (SSSR count). The van der Waals surface area contributed by atoms with E-state index in [1.54, 1.807) is 18.2 Å². The summed E-state index contributed by atoms with van der Waals surface area (Å²) in [6.45, 7) is 3.17. The minimum absolute atomic E-state index is 0.0588. The lowest BCUT2D eigenvalue weighted by Gasteiger charge is -2.23. The number of nitrogens with two attached hydrogens (primary N) is 1. The molecule has 18 heavy (non-hydrogen) atoms. The van der Waals surface area contributed by atoms with E-state index in [4.69, 9.17) is 5.73 Å². The number of phenols is 1. The summed E-state index contributed by atoms with van der Waals surface area (Å²) in [5.41, 5.74) is 7.01. The summed E-state index contributed by atoms with van der Waals surface area (Å²) in [5, 5.41) is 9.38. The lowest BCUT2D eigenvalue weighted by molar-refractivity contribution is 0.0741. The van der Waals surface area contributed by atoms with Gasteiger partial charge in [-0.05, 0) is 56.5 Å². The van der Waals surface area contributed by atoms with Crippen LogP contribution in [-0.2, 0) is 0 Å². The van der Waals surface area contributed by atoms with E-state index >= 15 is 0 Å². The number of aromatic hydroxyl groups is 1. The van der Waals surface area contributed by atoms with E-state index in [2.05, 4.69) is 0 Å². The van der Waals surface area contributed by atoms with E-state index in [-0.39, 0.29) is 11.7 Å². The Kier molecular flexibility index (Phi) is 3.87. The number of carbonyl (C=O) groups is 1. The van der Waals surface area contributed by atoms with Gasteiger partial charge in [-0.15, -0.1) is 0 Å². The molecule has 1 aromatic carbocycles. The van der Waals surface area contributed by atoms with Crippen LogP contribution in [0.2, 0.25) is 0 Å². The van der Waals surface area contributed by atoms with Crippen LogP contribution in [0, 0.1) is 6.92 Å². The Morgan fingerprint density at radius 3 is 2.78 bits per heavy atom. The Labute approximate surface area is 107 Å². The number of phenolic OH excluding ortho intramolecular Hbond substituents is 1. The van der Waals surface area contributed by atoms with Gasteiger partial charge in [0.2, 0.25) is 0 Å². The Hall–Kier alpha value is -1.55. The van der Waals surface area contributed by atoms with Crippen LogP contribution in [0.25, 0.3) is 0 Å². The fourth-order valence-corrected chi connectivity index (χ4v) is 2.14. The van der Waals surface area contributed by atoms with Crippen molar-refractivity contribution in [1.82, 2.24) is 4.90 Å². The fourth-order valence-electron chi connectivity index (χ4n) is 2.14. The molecule has 0 spiro atoms. The van der Waals surface area contributed by atoms with Crippen LogP contribution in [-0.4, -0.2) is 35.0 Å². The molecule has 0 saturated heterocycles. The number of amides is 1. The van der Waals surface area contributed by atoms with Crippen LogP contribution in [0.3, 0.4) is 0 Å². The van der Waals surface area contributed by atoms with Crippen LogP contribution >= 0.6 is 0 Å². The van der Waals surface area contributed by atoms with Crippen molar-refractivity contribution in [2.24, 2.45) is 5.73 Å². The summed E-state index contributed by atoms with van der Waals surface area (Å²) in [4.78, 5) is 14.4. The maximum atomic E-state index is 12.5. The summed E-state index contributed by atoms with van der Waals surface area (Å²) in [7, 11) is 0. The van der Waals surface area contributed by atoms with Crippen LogP contribution in [0.4, 0.5) is 0 Å². The van der Waals surface area contributed by atoms with Gasteiger partial charge in [0.15, 0.2) is 0 Å². The zero-order valence-corrected chi connectivity index (χ0v) is 10.7. The second kappa shape index (κ2) is 5.40. The molecule has 0 aliphatic heterocycles. The zero-order chi connectivity index (χ0) is 13.1. The molecule has 0 unspecified atom stereocenters. The lowest BCUT2D eigenvalue weighted by atomic mass is 10.1. The molecule has 0 radical (unpaired) electrons. The van der Waals surface area contributed by atoms with Crippen LogP contribution in [0.1, 0.15) is 35.2 Å². The Morgan fingerprint density at radius 2 is 2.22 bits per heavy atom. The summed E-state index contributed by atoms with van der Waals surface area (Å²) in [5.74, 6) is 0.257. The first-order valence-electron chi connectivity index (χ1n) is 6.44. The molecule has 0 heterocycles. The van der Waals surface area contributed by atoms with Gasteiger partial charge >= 0.3 is 0 Å². The highest BCUT2D eigenvalue weighted by Gasteiger charge is 2.32. The van der Waals surface area contributed by atoms with Crippen molar-refractivity contribution in [2.45, 2.75) is 32.2 Å². The van der Waals surface area contributed by atoms with E-state index < -0.39 is 0 Å². The summed E-state index contributed by atoms with van der Waals surface area (Å²) < 4.78 is 0. The van der Waals surface area contributed by atoms with Crippen molar-refractivity contribution in [2.75, 3.05) is 13.1 Å². The maximum absolute atomic E-state index is 12.5. The van der Waals surface area contributed by atoms with Gasteiger partial charge in [-0.3, -0.25) is 4.79 Å². The molecule has 1 aromatic rings. The van der Waals surface area contributed by atoms with Crippen LogP contribution in [0.15, 0.2) is 18.2 Å². The van der Waals surface area contributed by atoms with Crippen molar-refractivity contribution in [3.8, 4) is 5.75 Å². The number of rotatable bonds is 5. The average Bonchev–Trinajstić information content (AvgIpc) is 3.13. The molecule has 0 aromatic heterocycles. The SMILES string of the molecule is Cc1cc(O)ccc1C(=O)N(CCCN)C1CC1. The highest BCUT2D eigenvalue weighted by molar-refractivity contribution is 5.96. The van der Waals surface area contributed by atoms with Gasteiger partial charge < -0.3 is 15.7 Å². The number of nitrogens with zero attached hydrogens (tertiary/aromatic N) is 1. The van der Waals surface area contributed by atoms with Crippen molar-refractivity contribution < 1.29 is 9.90 Å². The predicted molar refractivity (Wildman–Crippen MR) is 70.6 cm³/mol. The third kappa shape index (κ3) is 2.82. The summed E-state index contributed by atoms with van der Waals surface area (Å²) in [6, 6.07) is 5.28. The second-order valence-corrected chi connectivity index (χ2v) is 4.87. The quantitative estimate of drug-likeness (QED) is 0.832. The number of benzene rings is 1. The van der Waals surface area contributed by atoms with Gasteiger partial charge in [-0.1, -0.05) is 0 Å². The van der Waals surface area contributed by atoms with E-state index in [9.17, 15) is 9.90 Å². The molecule has 98 valence electrons. The van der Waals surface area contributed by atoms with E-state index in [1.165, 1.54) is 0 Å². The molecule has 1 saturated carbocycles. The predicted octanol–water partition coefficient (Wildman–Crippen LogP) is 1.65. The standard InChI is InChI=1S/C14H20N2O2/c1-10-9-12(17)5-6-13(10)14(18)16(8-2-7-15)11-3-4-11/h5-6,9,11,17H,2-4,7-8,15H2,1H3. The smallest absolute Gasteiger partial charge is 0.254 e. The first kappa shape index (κ1) is 12.9. The van der Waals surface area contributed by atoms with Crippen LogP contribution < -0.4 is 5.73 Å². The summed E-state index contributed by atoms with van der Waals surface area (Å²) >= 11 is 0. The topological polar surface area (TPSA) is 66.6 Å². The fraction of sp³-hybridized carbons (Fsp3) is 0.500. The average molecular weight is 248 g/mol. The molecule has 3 N–H and O–H groups in total. The summed E-state index contributed by atoms with van der Waals surface area (Å²) in [6.07, 6.45) is 3.01. The lowest BCUT2D eigenvalue weighted by Crippen LogP contribution is -2.35. The molecule has 0 bridgehead atoms. The van der Waals surface area contributed by atoms with Gasteiger partial charge in [-0.25, -0.2) is 0 Å². The maximum Gasteiger partial charge on any atom is 0.254 e. The monoisotopic (exact) mass is 248 g/mol. The molecular formula is C14H20N2O2. The third-order valence-electron chi connectivity index (χ3n) is 3.29. The van der Waals surface area contributed by atoms with Gasteiger partial charge in [0.1, 0.15) is 5.75 Å². The van der Waals surface area contributed by atoms with Gasteiger partial charge in [0.25, 0.3) is 5.91 Å². The van der Waals surface area contributed by atoms with Crippen molar-refractivity contribution in [3.63, 3.8) is 0 Å². The third-order valence-corrected chi connectivity index (χ3v) is 3.29. The van der Waals surface area contributed by atoms with E-state index in [1.807, 2.05) is 11.8 Å². The highest BCUT2D eigenvalue weighted by atomic mass is 16.3. The Balaban J connectivity index is 2.16. The molecule has 1 aliphatic rings. The van der Waals surface area contributed by atoms with Gasteiger partial charge in [0, 0.05) is 18.2 Å². The Bertz CT molecular complexity index is 441. The van der Waals surface area contributed by atoms with Gasteiger partial charge in [-0.2, -0.15) is 0 Å². The first-order chi connectivity index (χ1) is 8.63. The van der Waals surface area contributed by atoms with Crippen LogP contribution in [0.5, 0.6) is 5.75 Å². The second-order valence-electron chi connectivity index (χ2n) is 4.87. The number of aryl methyl sites for hydroxylation is 1.